The van der Waals surface area contributed by atoms with E-state index in [0.29, 0.717) is 37.7 Å². The van der Waals surface area contributed by atoms with Gasteiger partial charge in [-0.1, -0.05) is 0 Å². The van der Waals surface area contributed by atoms with Crippen molar-refractivity contribution in [3.05, 3.63) is 23.7 Å². The third-order valence-corrected chi connectivity index (χ3v) is 5.45. The summed E-state index contributed by atoms with van der Waals surface area (Å²) in [4.78, 5) is 23.6. The summed E-state index contributed by atoms with van der Waals surface area (Å²) in [6.45, 7) is 4.35. The fourth-order valence-corrected chi connectivity index (χ4v) is 3.50. The first-order chi connectivity index (χ1) is 16.5. The van der Waals surface area contributed by atoms with Crippen LogP contribution in [0.4, 0.5) is 30.6 Å². The minimum atomic E-state index is -4.64. The minimum Gasteiger partial charge on any atom is -0.379 e. The van der Waals surface area contributed by atoms with Gasteiger partial charge in [0.15, 0.2) is 0 Å². The zero-order chi connectivity index (χ0) is 25.6. The van der Waals surface area contributed by atoms with Gasteiger partial charge in [-0.2, -0.15) is 23.3 Å². The molecule has 194 valence electrons. The second-order valence-corrected chi connectivity index (χ2v) is 8.51. The van der Waals surface area contributed by atoms with Gasteiger partial charge in [0.1, 0.15) is 11.4 Å². The number of alkyl halides is 3. The number of hydrogen-bond donors (Lipinski definition) is 3. The molecule has 1 atom stereocenters. The van der Waals surface area contributed by atoms with Crippen molar-refractivity contribution in [3.8, 4) is 0 Å². The van der Waals surface area contributed by atoms with Crippen LogP contribution in [0.5, 0.6) is 0 Å². The van der Waals surface area contributed by atoms with Crippen molar-refractivity contribution >= 4 is 23.4 Å². The first kappa shape index (κ1) is 26.6. The van der Waals surface area contributed by atoms with E-state index in [2.05, 4.69) is 25.7 Å². The van der Waals surface area contributed by atoms with Crippen molar-refractivity contribution in [1.82, 2.24) is 29.5 Å². The maximum Gasteiger partial charge on any atom is 0.421 e. The van der Waals surface area contributed by atoms with Crippen molar-refractivity contribution in [2.75, 3.05) is 57.6 Å². The van der Waals surface area contributed by atoms with Crippen LogP contribution in [0.1, 0.15) is 24.1 Å². The van der Waals surface area contributed by atoms with Crippen molar-refractivity contribution in [3.63, 3.8) is 0 Å². The van der Waals surface area contributed by atoms with Crippen LogP contribution in [0.15, 0.2) is 12.4 Å². The normalized spacial score (nSPS) is 15.9. The van der Waals surface area contributed by atoms with Crippen LogP contribution in [0.25, 0.3) is 0 Å². The Kier molecular flexibility index (Phi) is 8.86. The molecular formula is C21H32F3N9O2. The molecule has 11 nitrogen and oxygen atoms in total. The van der Waals surface area contributed by atoms with Crippen LogP contribution < -0.4 is 16.4 Å². The lowest BCUT2D eigenvalue weighted by Crippen LogP contribution is -2.47. The Balaban J connectivity index is 1.69. The SMILES string of the molecule is Cc1nn(CCN(C)C)cc1Nc1ncc(C(F)(F)F)c(NCCC(N)N2CCOCCC2=O)n1. The molecule has 1 unspecified atom stereocenters. The van der Waals surface area contributed by atoms with E-state index in [1.54, 1.807) is 17.8 Å². The second-order valence-electron chi connectivity index (χ2n) is 8.51. The molecule has 1 amide bonds. The number of ether oxygens (including phenoxy) is 1. The molecule has 0 aromatic carbocycles. The van der Waals surface area contributed by atoms with Gasteiger partial charge in [0, 0.05) is 32.0 Å². The molecule has 2 aromatic rings. The number of nitrogens with two attached hydrogens (primary N) is 1. The van der Waals surface area contributed by atoms with E-state index in [-0.39, 0.29) is 37.1 Å². The molecule has 0 radical (unpaired) electrons. The highest BCUT2D eigenvalue weighted by Crippen LogP contribution is 2.34. The average Bonchev–Trinajstić information content (AvgIpc) is 2.97. The highest BCUT2D eigenvalue weighted by Gasteiger charge is 2.35. The number of carbonyl (C=O) groups excluding carboxylic acids is 1. The van der Waals surface area contributed by atoms with Gasteiger partial charge in [-0.3, -0.25) is 9.48 Å². The quantitative estimate of drug-likeness (QED) is 0.447. The molecule has 0 aliphatic carbocycles. The molecule has 35 heavy (non-hydrogen) atoms. The van der Waals surface area contributed by atoms with E-state index in [4.69, 9.17) is 10.5 Å². The fourth-order valence-electron chi connectivity index (χ4n) is 3.50. The van der Waals surface area contributed by atoms with Gasteiger partial charge in [0.2, 0.25) is 11.9 Å². The summed E-state index contributed by atoms with van der Waals surface area (Å²) in [5.74, 6) is -0.508. The summed E-state index contributed by atoms with van der Waals surface area (Å²) >= 11 is 0. The number of nitrogens with one attached hydrogen (secondary N) is 2. The molecule has 0 bridgehead atoms. The van der Waals surface area contributed by atoms with Gasteiger partial charge >= 0.3 is 6.18 Å². The zero-order valence-electron chi connectivity index (χ0n) is 20.1. The Hall–Kier alpha value is -2.97. The lowest BCUT2D eigenvalue weighted by molar-refractivity contribution is -0.137. The summed E-state index contributed by atoms with van der Waals surface area (Å²) in [6, 6.07) is 0. The van der Waals surface area contributed by atoms with Crippen molar-refractivity contribution in [2.45, 2.75) is 38.7 Å². The Morgan fingerprint density at radius 2 is 2.09 bits per heavy atom. The number of likely N-dealkylation sites (N-methyl/N-ethyl adjacent to an activating group) is 1. The molecule has 14 heteroatoms. The number of halogens is 3. The molecule has 1 aliphatic heterocycles. The maximum absolute atomic E-state index is 13.5. The molecule has 1 aliphatic rings. The van der Waals surface area contributed by atoms with Gasteiger partial charge in [0.25, 0.3) is 0 Å². The second kappa shape index (κ2) is 11.6. The van der Waals surface area contributed by atoms with Crippen LogP contribution in [0, 0.1) is 6.92 Å². The van der Waals surface area contributed by atoms with Crippen molar-refractivity contribution in [2.24, 2.45) is 5.73 Å². The highest BCUT2D eigenvalue weighted by molar-refractivity contribution is 5.76. The van der Waals surface area contributed by atoms with Gasteiger partial charge in [-0.15, -0.1) is 0 Å². The number of rotatable bonds is 10. The smallest absolute Gasteiger partial charge is 0.379 e. The van der Waals surface area contributed by atoms with Gasteiger partial charge in [0.05, 0.1) is 43.7 Å². The third kappa shape index (κ3) is 7.50. The van der Waals surface area contributed by atoms with Crippen LogP contribution in [-0.2, 0) is 22.3 Å². The largest absolute Gasteiger partial charge is 0.421 e. The molecular weight excluding hydrogens is 467 g/mol. The van der Waals surface area contributed by atoms with Crippen LogP contribution in [0.3, 0.4) is 0 Å². The minimum absolute atomic E-state index is 0.0000901. The molecule has 0 spiro atoms. The van der Waals surface area contributed by atoms with Gasteiger partial charge < -0.3 is 30.9 Å². The maximum atomic E-state index is 13.5. The Bertz CT molecular complexity index is 997. The summed E-state index contributed by atoms with van der Waals surface area (Å²) in [6.07, 6.45) is -2.35. The first-order valence-corrected chi connectivity index (χ1v) is 11.3. The highest BCUT2D eigenvalue weighted by atomic mass is 19.4. The van der Waals surface area contributed by atoms with Crippen molar-refractivity contribution < 1.29 is 22.7 Å². The molecule has 2 aromatic heterocycles. The number of aromatic nitrogens is 4. The topological polar surface area (TPSA) is 126 Å². The van der Waals surface area contributed by atoms with Gasteiger partial charge in [-0.05, 0) is 27.4 Å². The number of anilines is 3. The third-order valence-electron chi connectivity index (χ3n) is 5.45. The Labute approximate surface area is 201 Å². The van der Waals surface area contributed by atoms with Gasteiger partial charge in [-0.25, -0.2) is 4.98 Å². The van der Waals surface area contributed by atoms with Crippen LogP contribution >= 0.6 is 0 Å². The zero-order valence-corrected chi connectivity index (χ0v) is 20.1. The number of hydrogen-bond acceptors (Lipinski definition) is 9. The summed E-state index contributed by atoms with van der Waals surface area (Å²) in [7, 11) is 3.90. The molecule has 3 heterocycles. The number of carbonyl (C=O) groups is 1. The standard InChI is InChI=1S/C21H32F3N9O2/c1-14-16(13-32(30-14)8-7-31(2)3)28-20-27-12-15(21(22,23)24)19(29-20)26-6-4-17(25)33-9-11-35-10-5-18(33)34/h12-13,17H,4-11,25H2,1-3H3,(H2,26,27,28,29). The summed E-state index contributed by atoms with van der Waals surface area (Å²) in [5.41, 5.74) is 6.39. The monoisotopic (exact) mass is 499 g/mol. The summed E-state index contributed by atoms with van der Waals surface area (Å²) in [5, 5.41) is 10.1. The lowest BCUT2D eigenvalue weighted by Gasteiger charge is -2.27. The Morgan fingerprint density at radius 1 is 1.31 bits per heavy atom. The molecule has 1 fully saturated rings. The lowest BCUT2D eigenvalue weighted by atomic mass is 10.2. The van der Waals surface area contributed by atoms with E-state index in [1.165, 1.54) is 4.90 Å². The van der Waals surface area contributed by atoms with Crippen LogP contribution in [-0.4, -0.2) is 88.6 Å². The first-order valence-electron chi connectivity index (χ1n) is 11.3. The number of amides is 1. The van der Waals surface area contributed by atoms with Crippen molar-refractivity contribution in [1.29, 1.82) is 0 Å². The van der Waals surface area contributed by atoms with E-state index >= 15 is 0 Å². The van der Waals surface area contributed by atoms with E-state index < -0.39 is 17.9 Å². The fraction of sp³-hybridized carbons (Fsp3) is 0.619. The predicted octanol–water partition coefficient (Wildman–Crippen LogP) is 1.64. The molecule has 1 saturated heterocycles. The van der Waals surface area contributed by atoms with E-state index in [9.17, 15) is 18.0 Å². The number of nitrogens with zero attached hydrogens (tertiary/aromatic N) is 6. The van der Waals surface area contributed by atoms with E-state index in [0.717, 1.165) is 12.7 Å². The molecule has 0 saturated carbocycles. The predicted molar refractivity (Wildman–Crippen MR) is 124 cm³/mol. The van der Waals surface area contributed by atoms with E-state index in [1.807, 2.05) is 19.0 Å². The molecule has 4 N–H and O–H groups in total. The average molecular weight is 500 g/mol. The van der Waals surface area contributed by atoms with Crippen LogP contribution in [0.2, 0.25) is 0 Å². The summed E-state index contributed by atoms with van der Waals surface area (Å²) < 4.78 is 47.7. The number of aryl methyl sites for hydroxylation is 1. The molecule has 3 rings (SSSR count). The Morgan fingerprint density at radius 3 is 2.80 bits per heavy atom.